The second kappa shape index (κ2) is 5.82. The van der Waals surface area contributed by atoms with Crippen molar-refractivity contribution in [3.63, 3.8) is 0 Å². The Morgan fingerprint density at radius 2 is 2.18 bits per heavy atom. The minimum Gasteiger partial charge on any atom is -0.352 e. The zero-order chi connectivity index (χ0) is 12.1. The second-order valence-electron chi connectivity index (χ2n) is 4.85. The van der Waals surface area contributed by atoms with Crippen molar-refractivity contribution < 1.29 is 4.79 Å². The van der Waals surface area contributed by atoms with Crippen molar-refractivity contribution in [2.75, 3.05) is 26.7 Å². The summed E-state index contributed by atoms with van der Waals surface area (Å²) in [5.74, 6) is 0.639. The minimum absolute atomic E-state index is 0.0406. The zero-order valence-electron chi connectivity index (χ0n) is 10.4. The monoisotopic (exact) mass is 232 g/mol. The van der Waals surface area contributed by atoms with Crippen LogP contribution in [0.4, 0.5) is 0 Å². The number of hydrogen-bond donors (Lipinski definition) is 1. The van der Waals surface area contributed by atoms with Crippen molar-refractivity contribution in [2.24, 2.45) is 5.92 Å². The first-order valence-corrected chi connectivity index (χ1v) is 6.27. The molecule has 92 valence electrons. The summed E-state index contributed by atoms with van der Waals surface area (Å²) in [4.78, 5) is 14.2. The van der Waals surface area contributed by atoms with Crippen LogP contribution < -0.4 is 5.32 Å². The molecule has 1 heterocycles. The third kappa shape index (κ3) is 3.56. The number of carbonyl (C=O) groups excluding carboxylic acids is 1. The molecule has 3 nitrogen and oxygen atoms in total. The topological polar surface area (TPSA) is 32.3 Å². The Kier molecular flexibility index (Phi) is 4.15. The highest BCUT2D eigenvalue weighted by Crippen LogP contribution is 2.14. The predicted molar refractivity (Wildman–Crippen MR) is 69.0 cm³/mol. The fourth-order valence-corrected chi connectivity index (χ4v) is 2.37. The summed E-state index contributed by atoms with van der Waals surface area (Å²) in [6, 6.07) is 9.41. The molecule has 0 radical (unpaired) electrons. The molecular weight excluding hydrogens is 212 g/mol. The Hall–Kier alpha value is -1.35. The first-order valence-electron chi connectivity index (χ1n) is 6.27. The van der Waals surface area contributed by atoms with Crippen molar-refractivity contribution in [1.82, 2.24) is 10.2 Å². The Morgan fingerprint density at radius 1 is 1.41 bits per heavy atom. The van der Waals surface area contributed by atoms with Crippen molar-refractivity contribution >= 4 is 5.91 Å². The maximum Gasteiger partial charge on any atom is 0.251 e. The van der Waals surface area contributed by atoms with E-state index in [-0.39, 0.29) is 5.91 Å². The molecule has 1 aromatic carbocycles. The van der Waals surface area contributed by atoms with E-state index in [1.807, 2.05) is 30.3 Å². The van der Waals surface area contributed by atoms with Crippen molar-refractivity contribution in [3.8, 4) is 0 Å². The lowest BCUT2D eigenvalue weighted by molar-refractivity contribution is 0.0937. The van der Waals surface area contributed by atoms with E-state index in [1.165, 1.54) is 19.4 Å². The fourth-order valence-electron chi connectivity index (χ4n) is 2.37. The van der Waals surface area contributed by atoms with Crippen LogP contribution in [0.3, 0.4) is 0 Å². The first kappa shape index (κ1) is 12.1. The lowest BCUT2D eigenvalue weighted by atomic mass is 9.98. The fraction of sp³-hybridized carbons (Fsp3) is 0.500. The Morgan fingerprint density at radius 3 is 2.88 bits per heavy atom. The Balaban J connectivity index is 1.80. The van der Waals surface area contributed by atoms with E-state index in [4.69, 9.17) is 0 Å². The van der Waals surface area contributed by atoms with E-state index in [9.17, 15) is 4.79 Å². The van der Waals surface area contributed by atoms with Crippen LogP contribution in [0, 0.1) is 5.92 Å². The summed E-state index contributed by atoms with van der Waals surface area (Å²) >= 11 is 0. The van der Waals surface area contributed by atoms with Gasteiger partial charge in [0, 0.05) is 18.7 Å². The highest BCUT2D eigenvalue weighted by atomic mass is 16.1. The smallest absolute Gasteiger partial charge is 0.251 e. The third-order valence-corrected chi connectivity index (χ3v) is 3.31. The van der Waals surface area contributed by atoms with Crippen LogP contribution in [0.2, 0.25) is 0 Å². The number of nitrogens with zero attached hydrogens (tertiary/aromatic N) is 1. The van der Waals surface area contributed by atoms with Crippen LogP contribution >= 0.6 is 0 Å². The molecule has 3 heteroatoms. The molecule has 1 amide bonds. The van der Waals surface area contributed by atoms with Gasteiger partial charge in [-0.15, -0.1) is 0 Å². The molecule has 1 N–H and O–H groups in total. The van der Waals surface area contributed by atoms with Crippen LogP contribution in [0.15, 0.2) is 30.3 Å². The number of carbonyl (C=O) groups is 1. The van der Waals surface area contributed by atoms with Crippen LogP contribution in [-0.4, -0.2) is 37.5 Å². The van der Waals surface area contributed by atoms with Gasteiger partial charge >= 0.3 is 0 Å². The molecule has 17 heavy (non-hydrogen) atoms. The van der Waals surface area contributed by atoms with Crippen molar-refractivity contribution in [1.29, 1.82) is 0 Å². The molecular formula is C14H20N2O. The van der Waals surface area contributed by atoms with Gasteiger partial charge in [-0.1, -0.05) is 18.2 Å². The van der Waals surface area contributed by atoms with Gasteiger partial charge in [0.2, 0.25) is 0 Å². The van der Waals surface area contributed by atoms with Gasteiger partial charge in [-0.25, -0.2) is 0 Å². The number of hydrogen-bond acceptors (Lipinski definition) is 2. The third-order valence-electron chi connectivity index (χ3n) is 3.31. The van der Waals surface area contributed by atoms with E-state index in [1.54, 1.807) is 0 Å². The van der Waals surface area contributed by atoms with Gasteiger partial charge < -0.3 is 10.2 Å². The number of likely N-dealkylation sites (tertiary alicyclic amines) is 1. The van der Waals surface area contributed by atoms with E-state index < -0.39 is 0 Å². The molecule has 2 rings (SSSR count). The van der Waals surface area contributed by atoms with Crippen LogP contribution in [0.5, 0.6) is 0 Å². The van der Waals surface area contributed by atoms with Crippen molar-refractivity contribution in [2.45, 2.75) is 12.8 Å². The SMILES string of the molecule is CN1CCCC(CNC(=O)c2ccccc2)C1. The van der Waals surface area contributed by atoms with Gasteiger partial charge in [-0.2, -0.15) is 0 Å². The summed E-state index contributed by atoms with van der Waals surface area (Å²) in [7, 11) is 2.14. The van der Waals surface area contributed by atoms with Gasteiger partial charge in [0.1, 0.15) is 0 Å². The molecule has 0 bridgehead atoms. The Bertz CT molecular complexity index is 364. The molecule has 1 saturated heterocycles. The van der Waals surface area contributed by atoms with Gasteiger partial charge in [0.15, 0.2) is 0 Å². The lowest BCUT2D eigenvalue weighted by Crippen LogP contribution is -2.39. The van der Waals surface area contributed by atoms with Crippen LogP contribution in [0.25, 0.3) is 0 Å². The molecule has 0 aromatic heterocycles. The van der Waals surface area contributed by atoms with Gasteiger partial charge in [0.05, 0.1) is 0 Å². The molecule has 1 fully saturated rings. The number of piperidine rings is 1. The molecule has 1 aliphatic heterocycles. The van der Waals surface area contributed by atoms with Crippen molar-refractivity contribution in [3.05, 3.63) is 35.9 Å². The molecule has 1 aromatic rings. The number of nitrogens with one attached hydrogen (secondary N) is 1. The molecule has 0 spiro atoms. The highest BCUT2D eigenvalue weighted by Gasteiger charge is 2.17. The standard InChI is InChI=1S/C14H20N2O/c1-16-9-5-6-12(11-16)10-15-14(17)13-7-3-2-4-8-13/h2-4,7-8,12H,5-6,9-11H2,1H3,(H,15,17). The molecule has 1 atom stereocenters. The summed E-state index contributed by atoms with van der Waals surface area (Å²) in [6.45, 7) is 3.07. The average molecular weight is 232 g/mol. The number of benzene rings is 1. The van der Waals surface area contributed by atoms with Crippen LogP contribution in [-0.2, 0) is 0 Å². The quantitative estimate of drug-likeness (QED) is 0.861. The largest absolute Gasteiger partial charge is 0.352 e. The summed E-state index contributed by atoms with van der Waals surface area (Å²) in [6.07, 6.45) is 2.46. The minimum atomic E-state index is 0.0406. The Labute approximate surface area is 103 Å². The van der Waals surface area contributed by atoms with E-state index in [0.717, 1.165) is 18.7 Å². The predicted octanol–water partition coefficient (Wildman–Crippen LogP) is 1.76. The van der Waals surface area contributed by atoms with Gasteiger partial charge in [0.25, 0.3) is 5.91 Å². The van der Waals surface area contributed by atoms with E-state index >= 15 is 0 Å². The lowest BCUT2D eigenvalue weighted by Gasteiger charge is -2.29. The number of rotatable bonds is 3. The van der Waals surface area contributed by atoms with Gasteiger partial charge in [-0.3, -0.25) is 4.79 Å². The van der Waals surface area contributed by atoms with Crippen LogP contribution in [0.1, 0.15) is 23.2 Å². The second-order valence-corrected chi connectivity index (χ2v) is 4.85. The molecule has 0 saturated carbocycles. The zero-order valence-corrected chi connectivity index (χ0v) is 10.4. The molecule has 1 unspecified atom stereocenters. The average Bonchev–Trinajstić information content (AvgIpc) is 2.37. The maximum atomic E-state index is 11.8. The van der Waals surface area contributed by atoms with Gasteiger partial charge in [-0.05, 0) is 44.5 Å². The highest BCUT2D eigenvalue weighted by molar-refractivity contribution is 5.94. The number of amides is 1. The molecule has 0 aliphatic carbocycles. The normalized spacial score (nSPS) is 21.1. The van der Waals surface area contributed by atoms with E-state index in [0.29, 0.717) is 5.92 Å². The summed E-state index contributed by atoms with van der Waals surface area (Å²) in [5, 5.41) is 3.02. The summed E-state index contributed by atoms with van der Waals surface area (Å²) < 4.78 is 0. The first-order chi connectivity index (χ1) is 8.25. The maximum absolute atomic E-state index is 11.8. The molecule has 1 aliphatic rings. The van der Waals surface area contributed by atoms with E-state index in [2.05, 4.69) is 17.3 Å². The summed E-state index contributed by atoms with van der Waals surface area (Å²) in [5.41, 5.74) is 0.747.